The van der Waals surface area contributed by atoms with Crippen molar-refractivity contribution < 1.29 is 9.53 Å². The van der Waals surface area contributed by atoms with Gasteiger partial charge in [-0.05, 0) is 71.0 Å². The Balaban J connectivity index is 1.30. The summed E-state index contributed by atoms with van der Waals surface area (Å²) in [5.74, 6) is 0.514. The Kier molecular flexibility index (Phi) is 7.56. The highest BCUT2D eigenvalue weighted by Crippen LogP contribution is 2.25. The van der Waals surface area contributed by atoms with Gasteiger partial charge in [-0.1, -0.05) is 78.4 Å². The smallest absolute Gasteiger partial charge is 0.272 e. The lowest BCUT2D eigenvalue weighted by Crippen LogP contribution is -2.18. The number of benzene rings is 4. The monoisotopic (exact) mass is 597 g/mol. The number of hydrogen-bond acceptors (Lipinski definition) is 4. The Hall–Kier alpha value is -4.04. The van der Waals surface area contributed by atoms with E-state index in [1.165, 1.54) is 5.56 Å². The molecule has 0 radical (unpaired) electrons. The van der Waals surface area contributed by atoms with Crippen molar-refractivity contribution in [2.24, 2.45) is 5.10 Å². The van der Waals surface area contributed by atoms with E-state index in [0.717, 1.165) is 42.6 Å². The predicted octanol–water partition coefficient (Wildman–Crippen LogP) is 7.16. The van der Waals surface area contributed by atoms with E-state index in [0.29, 0.717) is 12.2 Å². The molecule has 0 bridgehead atoms. The molecule has 182 valence electrons. The second-order valence-corrected chi connectivity index (χ2v) is 9.77. The predicted molar refractivity (Wildman–Crippen MR) is 157 cm³/mol. The van der Waals surface area contributed by atoms with Crippen molar-refractivity contribution in [3.8, 4) is 17.0 Å². The Morgan fingerprint density at radius 1 is 0.946 bits per heavy atom. The molecular weight excluding hydrogens is 573 g/mol. The zero-order chi connectivity index (χ0) is 25.6. The maximum atomic E-state index is 13.1. The molecule has 1 heterocycles. The molecule has 4 aromatic carbocycles. The first-order valence-corrected chi connectivity index (χ1v) is 12.9. The van der Waals surface area contributed by atoms with Crippen molar-refractivity contribution in [2.75, 3.05) is 0 Å². The maximum Gasteiger partial charge on any atom is 0.272 e. The van der Waals surface area contributed by atoms with Crippen molar-refractivity contribution in [1.82, 2.24) is 10.4 Å². The third-order valence-corrected chi connectivity index (χ3v) is 6.69. The molecule has 1 amide bonds. The number of pyridine rings is 1. The summed E-state index contributed by atoms with van der Waals surface area (Å²) in [5, 5.41) is 4.99. The molecule has 37 heavy (non-hydrogen) atoms. The van der Waals surface area contributed by atoms with Crippen LogP contribution in [0.2, 0.25) is 0 Å². The Bertz CT molecular complexity index is 1600. The first kappa shape index (κ1) is 24.6. The topological polar surface area (TPSA) is 63.6 Å². The Morgan fingerprint density at radius 3 is 2.57 bits per heavy atom. The lowest BCUT2D eigenvalue weighted by atomic mass is 10.0. The number of nitrogens with zero attached hydrogens (tertiary/aromatic N) is 2. The lowest BCUT2D eigenvalue weighted by molar-refractivity contribution is 0.0956. The molecule has 0 spiro atoms. The third-order valence-electron chi connectivity index (χ3n) is 5.84. The van der Waals surface area contributed by atoms with Crippen molar-refractivity contribution in [3.63, 3.8) is 0 Å². The average molecular weight is 597 g/mol. The number of nitrogens with one attached hydrogen (secondary N) is 1. The highest BCUT2D eigenvalue weighted by molar-refractivity contribution is 14.1. The summed E-state index contributed by atoms with van der Waals surface area (Å²) in [6, 6.07) is 33.3. The highest BCUT2D eigenvalue weighted by atomic mass is 127. The summed E-state index contributed by atoms with van der Waals surface area (Å²) in [4.78, 5) is 17.9. The van der Waals surface area contributed by atoms with E-state index in [1.807, 2.05) is 84.9 Å². The van der Waals surface area contributed by atoms with Crippen LogP contribution in [0.25, 0.3) is 22.2 Å². The van der Waals surface area contributed by atoms with Crippen LogP contribution in [0.15, 0.2) is 108 Å². The molecule has 6 heteroatoms. The molecule has 0 saturated carbocycles. The number of halogens is 1. The van der Waals surface area contributed by atoms with Gasteiger partial charge in [-0.25, -0.2) is 10.4 Å². The number of aromatic nitrogens is 1. The highest BCUT2D eigenvalue weighted by Gasteiger charge is 2.13. The summed E-state index contributed by atoms with van der Waals surface area (Å²) in [6.07, 6.45) is 1.63. The van der Waals surface area contributed by atoms with E-state index in [9.17, 15) is 4.79 Å². The average Bonchev–Trinajstić information content (AvgIpc) is 2.92. The van der Waals surface area contributed by atoms with Crippen LogP contribution >= 0.6 is 22.6 Å². The Labute approximate surface area is 229 Å². The van der Waals surface area contributed by atoms with E-state index in [-0.39, 0.29) is 5.91 Å². The largest absolute Gasteiger partial charge is 0.488 e. The maximum absolute atomic E-state index is 13.1. The molecule has 0 fully saturated rings. The minimum atomic E-state index is -0.292. The first-order valence-electron chi connectivity index (χ1n) is 11.8. The van der Waals surface area contributed by atoms with Crippen LogP contribution in [-0.2, 0) is 6.61 Å². The van der Waals surface area contributed by atoms with E-state index in [1.54, 1.807) is 6.21 Å². The fraction of sp³-hybridized carbons (Fsp3) is 0.0645. The van der Waals surface area contributed by atoms with Crippen molar-refractivity contribution in [1.29, 1.82) is 0 Å². The molecular formula is C31H24IN3O2. The molecule has 1 N–H and O–H groups in total. The summed E-state index contributed by atoms with van der Waals surface area (Å²) in [6.45, 7) is 2.57. The third kappa shape index (κ3) is 6.03. The van der Waals surface area contributed by atoms with Gasteiger partial charge in [0.25, 0.3) is 5.91 Å². The summed E-state index contributed by atoms with van der Waals surface area (Å²) in [7, 11) is 0. The van der Waals surface area contributed by atoms with Gasteiger partial charge in [-0.3, -0.25) is 4.79 Å². The lowest BCUT2D eigenvalue weighted by Gasteiger charge is -2.10. The van der Waals surface area contributed by atoms with Gasteiger partial charge in [0.15, 0.2) is 0 Å². The summed E-state index contributed by atoms with van der Waals surface area (Å²) in [5.41, 5.74) is 8.84. The van der Waals surface area contributed by atoms with Gasteiger partial charge in [-0.2, -0.15) is 5.10 Å². The van der Waals surface area contributed by atoms with Crippen LogP contribution in [0, 0.1) is 10.5 Å². The van der Waals surface area contributed by atoms with Gasteiger partial charge in [0, 0.05) is 10.9 Å². The number of fused-ring (bicyclic) bond motifs is 1. The second kappa shape index (κ2) is 11.3. The molecule has 0 aliphatic carbocycles. The molecule has 5 aromatic rings. The molecule has 0 atom stereocenters. The molecule has 0 unspecified atom stereocenters. The second-order valence-electron chi connectivity index (χ2n) is 8.60. The molecule has 1 aromatic heterocycles. The van der Waals surface area contributed by atoms with E-state index < -0.39 is 0 Å². The van der Waals surface area contributed by atoms with Gasteiger partial charge in [0.05, 0.1) is 26.6 Å². The fourth-order valence-electron chi connectivity index (χ4n) is 4.02. The molecule has 0 saturated heterocycles. The number of ether oxygens (including phenoxy) is 1. The fourth-order valence-corrected chi connectivity index (χ4v) is 4.72. The number of aryl methyl sites for hydroxylation is 1. The van der Waals surface area contributed by atoms with Crippen LogP contribution in [-0.4, -0.2) is 17.1 Å². The standard InChI is InChI=1S/C31H24IN3O2/c1-21-8-7-9-23(16-21)20-37-30-15-14-22(17-27(30)32)19-33-35-31(36)26-18-29(24-10-3-2-4-11-24)34-28-13-6-5-12-25(26)28/h2-19H,20H2,1H3,(H,35,36)/b33-19+. The Morgan fingerprint density at radius 2 is 1.76 bits per heavy atom. The summed E-state index contributed by atoms with van der Waals surface area (Å²) >= 11 is 2.25. The summed E-state index contributed by atoms with van der Waals surface area (Å²) < 4.78 is 6.96. The molecule has 5 rings (SSSR count). The number of hydrogen-bond donors (Lipinski definition) is 1. The van der Waals surface area contributed by atoms with Gasteiger partial charge in [0.1, 0.15) is 12.4 Å². The quantitative estimate of drug-likeness (QED) is 0.123. The molecule has 0 aliphatic heterocycles. The van der Waals surface area contributed by atoms with Crippen molar-refractivity contribution >= 4 is 45.6 Å². The normalized spacial score (nSPS) is 11.1. The van der Waals surface area contributed by atoms with Crippen LogP contribution in [0.5, 0.6) is 5.75 Å². The van der Waals surface area contributed by atoms with Crippen LogP contribution in [0.3, 0.4) is 0 Å². The number of carbonyl (C=O) groups excluding carboxylic acids is 1. The number of carbonyl (C=O) groups is 1. The van der Waals surface area contributed by atoms with Gasteiger partial charge in [-0.15, -0.1) is 0 Å². The van der Waals surface area contributed by atoms with Gasteiger partial charge < -0.3 is 4.74 Å². The van der Waals surface area contributed by atoms with Crippen molar-refractivity contribution in [3.05, 3.63) is 129 Å². The molecule has 0 aliphatic rings. The zero-order valence-electron chi connectivity index (χ0n) is 20.2. The van der Waals surface area contributed by atoms with Gasteiger partial charge >= 0.3 is 0 Å². The van der Waals surface area contributed by atoms with Crippen LogP contribution in [0.4, 0.5) is 0 Å². The molecule has 5 nitrogen and oxygen atoms in total. The SMILES string of the molecule is Cc1cccc(COc2ccc(/C=N/NC(=O)c3cc(-c4ccccc4)nc4ccccc34)cc2I)c1. The zero-order valence-corrected chi connectivity index (χ0v) is 22.3. The number of para-hydroxylation sites is 1. The number of rotatable bonds is 7. The van der Waals surface area contributed by atoms with E-state index >= 15 is 0 Å². The number of amides is 1. The van der Waals surface area contributed by atoms with Crippen LogP contribution in [0.1, 0.15) is 27.0 Å². The minimum absolute atomic E-state index is 0.292. The number of hydrazone groups is 1. The minimum Gasteiger partial charge on any atom is -0.488 e. The van der Waals surface area contributed by atoms with Crippen LogP contribution < -0.4 is 10.2 Å². The van der Waals surface area contributed by atoms with Gasteiger partial charge in [0.2, 0.25) is 0 Å². The van der Waals surface area contributed by atoms with Crippen molar-refractivity contribution in [2.45, 2.75) is 13.5 Å². The first-order chi connectivity index (χ1) is 18.1. The van der Waals surface area contributed by atoms with E-state index in [4.69, 9.17) is 9.72 Å². The van der Waals surface area contributed by atoms with E-state index in [2.05, 4.69) is 58.2 Å².